The molecule has 1 atom stereocenters. The van der Waals surface area contributed by atoms with Crippen molar-refractivity contribution < 1.29 is 9.59 Å². The molecule has 0 unspecified atom stereocenters. The number of benzene rings is 2. The molecule has 3 rings (SSSR count). The molecule has 0 saturated heterocycles. The molecule has 0 fully saturated rings. The lowest BCUT2D eigenvalue weighted by atomic mass is 10.1. The van der Waals surface area contributed by atoms with Crippen molar-refractivity contribution in [1.82, 2.24) is 15.1 Å². The van der Waals surface area contributed by atoms with Crippen LogP contribution in [0.5, 0.6) is 0 Å². The van der Waals surface area contributed by atoms with Gasteiger partial charge in [0.25, 0.3) is 0 Å². The highest BCUT2D eigenvalue weighted by Gasteiger charge is 2.15. The fourth-order valence-electron chi connectivity index (χ4n) is 3.11. The van der Waals surface area contributed by atoms with Crippen LogP contribution in [0.2, 0.25) is 5.02 Å². The number of carbonyl (C=O) groups is 2. The van der Waals surface area contributed by atoms with Crippen LogP contribution in [0.3, 0.4) is 0 Å². The number of hydrogen-bond donors (Lipinski definition) is 2. The molecule has 32 heavy (non-hydrogen) atoms. The monoisotopic (exact) mass is 452 g/mol. The molecule has 168 valence electrons. The number of carbonyl (C=O) groups excluding carboxylic acids is 2. The molecular weight excluding hydrogens is 424 g/mol. The Morgan fingerprint density at radius 1 is 0.969 bits per heavy atom. The van der Waals surface area contributed by atoms with Crippen LogP contribution in [0.1, 0.15) is 40.0 Å². The summed E-state index contributed by atoms with van der Waals surface area (Å²) >= 11 is 6.02. The molecule has 0 aliphatic heterocycles. The largest absolute Gasteiger partial charge is 0.353 e. The van der Waals surface area contributed by atoms with E-state index in [-0.39, 0.29) is 24.3 Å². The van der Waals surface area contributed by atoms with Crippen LogP contribution in [-0.2, 0) is 9.59 Å². The van der Waals surface area contributed by atoms with E-state index >= 15 is 0 Å². The molecule has 1 heterocycles. The van der Waals surface area contributed by atoms with Gasteiger partial charge in [-0.1, -0.05) is 55.8 Å². The van der Waals surface area contributed by atoms with Gasteiger partial charge in [0.05, 0.1) is 11.4 Å². The van der Waals surface area contributed by atoms with Crippen LogP contribution in [-0.4, -0.2) is 27.6 Å². The van der Waals surface area contributed by atoms with Crippen LogP contribution in [0.15, 0.2) is 60.7 Å². The molecule has 0 saturated carbocycles. The molecular formula is C25H29ClN4O2. The summed E-state index contributed by atoms with van der Waals surface area (Å²) in [6, 6.07) is 19.0. The molecule has 0 aliphatic carbocycles. The summed E-state index contributed by atoms with van der Waals surface area (Å²) < 4.78 is 1.69. The van der Waals surface area contributed by atoms with Gasteiger partial charge < -0.3 is 10.6 Å². The third kappa shape index (κ3) is 6.44. The van der Waals surface area contributed by atoms with Gasteiger partial charge in [0, 0.05) is 35.5 Å². The number of anilines is 1. The summed E-state index contributed by atoms with van der Waals surface area (Å²) in [6.45, 7) is 6.11. The van der Waals surface area contributed by atoms with Crippen molar-refractivity contribution in [2.75, 3.05) is 5.32 Å². The van der Waals surface area contributed by atoms with E-state index in [9.17, 15) is 9.59 Å². The summed E-state index contributed by atoms with van der Waals surface area (Å²) in [6.07, 6.45) is 1.04. The normalized spacial score (nSPS) is 11.9. The van der Waals surface area contributed by atoms with Crippen LogP contribution in [0.25, 0.3) is 16.9 Å². The van der Waals surface area contributed by atoms with Gasteiger partial charge in [-0.15, -0.1) is 0 Å². The van der Waals surface area contributed by atoms with Gasteiger partial charge in [-0.3, -0.25) is 9.59 Å². The first-order valence-electron chi connectivity index (χ1n) is 10.8. The molecule has 1 aromatic heterocycles. The van der Waals surface area contributed by atoms with Crippen molar-refractivity contribution in [2.24, 2.45) is 5.92 Å². The number of amides is 2. The van der Waals surface area contributed by atoms with Crippen LogP contribution in [0, 0.1) is 5.92 Å². The van der Waals surface area contributed by atoms with E-state index in [2.05, 4.69) is 29.6 Å². The Morgan fingerprint density at radius 3 is 2.28 bits per heavy atom. The molecule has 0 spiro atoms. The summed E-state index contributed by atoms with van der Waals surface area (Å²) in [5.41, 5.74) is 2.48. The Morgan fingerprint density at radius 2 is 1.62 bits per heavy atom. The van der Waals surface area contributed by atoms with E-state index in [0.29, 0.717) is 29.6 Å². The fraction of sp³-hybridized carbons (Fsp3) is 0.320. The van der Waals surface area contributed by atoms with Gasteiger partial charge in [0.1, 0.15) is 5.82 Å². The number of rotatable bonds is 9. The number of nitrogens with zero attached hydrogens (tertiary/aromatic N) is 2. The Balaban J connectivity index is 1.69. The molecule has 0 aliphatic rings. The zero-order chi connectivity index (χ0) is 23.1. The maximum absolute atomic E-state index is 12.6. The average Bonchev–Trinajstić information content (AvgIpc) is 3.18. The quantitative estimate of drug-likeness (QED) is 0.452. The molecule has 0 bridgehead atoms. The van der Waals surface area contributed by atoms with E-state index in [1.54, 1.807) is 16.8 Å². The van der Waals surface area contributed by atoms with Gasteiger partial charge >= 0.3 is 0 Å². The number of halogens is 1. The molecule has 6 nitrogen and oxygen atoms in total. The highest BCUT2D eigenvalue weighted by molar-refractivity contribution is 6.30. The van der Waals surface area contributed by atoms with Crippen molar-refractivity contribution in [3.8, 4) is 16.9 Å². The molecule has 2 amide bonds. The third-order valence-electron chi connectivity index (χ3n) is 5.31. The molecule has 7 heteroatoms. The van der Waals surface area contributed by atoms with Gasteiger partial charge in [-0.25, -0.2) is 4.68 Å². The van der Waals surface area contributed by atoms with Crippen molar-refractivity contribution in [1.29, 1.82) is 0 Å². The number of nitrogens with one attached hydrogen (secondary N) is 2. The summed E-state index contributed by atoms with van der Waals surface area (Å²) in [7, 11) is 0. The van der Waals surface area contributed by atoms with E-state index in [1.165, 1.54) is 0 Å². The van der Waals surface area contributed by atoms with Crippen LogP contribution in [0.4, 0.5) is 5.82 Å². The van der Waals surface area contributed by atoms with Crippen molar-refractivity contribution in [3.05, 3.63) is 65.7 Å². The topological polar surface area (TPSA) is 76.0 Å². The fourth-order valence-corrected chi connectivity index (χ4v) is 3.23. The average molecular weight is 453 g/mol. The van der Waals surface area contributed by atoms with Crippen LogP contribution < -0.4 is 10.6 Å². The highest BCUT2D eigenvalue weighted by Crippen LogP contribution is 2.25. The second kappa shape index (κ2) is 11.0. The van der Waals surface area contributed by atoms with Gasteiger partial charge in [-0.05, 0) is 43.5 Å². The van der Waals surface area contributed by atoms with E-state index in [0.717, 1.165) is 16.9 Å². The second-order valence-corrected chi connectivity index (χ2v) is 8.61. The lowest BCUT2D eigenvalue weighted by Crippen LogP contribution is -2.36. The third-order valence-corrected chi connectivity index (χ3v) is 5.57. The second-order valence-electron chi connectivity index (χ2n) is 8.17. The van der Waals surface area contributed by atoms with Crippen molar-refractivity contribution in [3.63, 3.8) is 0 Å². The maximum atomic E-state index is 12.6. The predicted molar refractivity (Wildman–Crippen MR) is 129 cm³/mol. The molecule has 2 N–H and O–H groups in total. The Kier molecular flexibility index (Phi) is 8.06. The first-order chi connectivity index (χ1) is 15.3. The highest BCUT2D eigenvalue weighted by atomic mass is 35.5. The molecule has 0 radical (unpaired) electrons. The van der Waals surface area contributed by atoms with Crippen LogP contribution >= 0.6 is 11.6 Å². The van der Waals surface area contributed by atoms with Crippen molar-refractivity contribution >= 4 is 29.2 Å². The van der Waals surface area contributed by atoms with E-state index < -0.39 is 0 Å². The van der Waals surface area contributed by atoms with Crippen molar-refractivity contribution in [2.45, 2.75) is 46.1 Å². The minimum Gasteiger partial charge on any atom is -0.353 e. The smallest absolute Gasteiger partial charge is 0.225 e. The Hall–Kier alpha value is -3.12. The maximum Gasteiger partial charge on any atom is 0.225 e. The molecule has 2 aromatic carbocycles. The minimum atomic E-state index is -0.163. The summed E-state index contributed by atoms with van der Waals surface area (Å²) in [5, 5.41) is 11.2. The number of hydrogen-bond acceptors (Lipinski definition) is 3. The van der Waals surface area contributed by atoms with Gasteiger partial charge in [0.2, 0.25) is 11.8 Å². The lowest BCUT2D eigenvalue weighted by molar-refractivity contribution is -0.122. The minimum absolute atomic E-state index is 0.0310. The zero-order valence-corrected chi connectivity index (χ0v) is 19.4. The van der Waals surface area contributed by atoms with E-state index in [4.69, 9.17) is 11.6 Å². The Bertz CT molecular complexity index is 1050. The first-order valence-corrected chi connectivity index (χ1v) is 11.2. The molecule has 3 aromatic rings. The number of aromatic nitrogens is 2. The predicted octanol–water partition coefficient (Wildman–Crippen LogP) is 5.46. The van der Waals surface area contributed by atoms with Gasteiger partial charge in [0.15, 0.2) is 0 Å². The lowest BCUT2D eigenvalue weighted by Gasteiger charge is -2.17. The Labute approximate surface area is 194 Å². The summed E-state index contributed by atoms with van der Waals surface area (Å²) in [5.74, 6) is 0.740. The zero-order valence-electron chi connectivity index (χ0n) is 18.6. The van der Waals surface area contributed by atoms with E-state index in [1.807, 2.05) is 55.5 Å². The standard InChI is InChI=1S/C25H29ClN4O2/c1-17(2)18(3)27-24(31)10-7-11-25(32)28-23-16-22(19-8-5-4-6-9-19)29-30(23)21-14-12-20(26)13-15-21/h4-6,8-9,12-18H,7,10-11H2,1-3H3,(H,27,31)(H,28,32)/t18-/m1/s1. The van der Waals surface area contributed by atoms with Gasteiger partial charge in [-0.2, -0.15) is 5.10 Å². The SMILES string of the molecule is CC(C)[C@@H](C)NC(=O)CCCC(=O)Nc1cc(-c2ccccc2)nn1-c1ccc(Cl)cc1. The first kappa shape index (κ1) is 23.5. The summed E-state index contributed by atoms with van der Waals surface area (Å²) in [4.78, 5) is 24.7.